The summed E-state index contributed by atoms with van der Waals surface area (Å²) in [6.45, 7) is 8.87. The van der Waals surface area contributed by atoms with Crippen LogP contribution in [0, 0.1) is 0 Å². The van der Waals surface area contributed by atoms with Crippen LogP contribution in [0.15, 0.2) is 65.9 Å². The molecule has 0 amide bonds. The number of fused-ring (bicyclic) bond motifs is 1. The quantitative estimate of drug-likeness (QED) is 0.685. The second kappa shape index (κ2) is 8.06. The summed E-state index contributed by atoms with van der Waals surface area (Å²) in [4.78, 5) is 3.15. The molecule has 0 aromatic heterocycles. The molecule has 0 aliphatic rings. The predicted molar refractivity (Wildman–Crippen MR) is 98.5 cm³/mol. The zero-order valence-corrected chi connectivity index (χ0v) is 14.1. The van der Waals surface area contributed by atoms with Gasteiger partial charge in [0.2, 0.25) is 0 Å². The van der Waals surface area contributed by atoms with E-state index in [1.165, 1.54) is 5.39 Å². The molecule has 2 rings (SSSR count). The molecule has 0 unspecified atom stereocenters. The number of rotatable bonds is 8. The summed E-state index contributed by atoms with van der Waals surface area (Å²) in [5.41, 5.74) is 0. The van der Waals surface area contributed by atoms with Crippen LogP contribution in [0.3, 0.4) is 0 Å². The smallest absolute Gasteiger partial charge is 0.130 e. The average molecular weight is 313 g/mol. The molecule has 0 saturated heterocycles. The van der Waals surface area contributed by atoms with Gasteiger partial charge in [0, 0.05) is 23.3 Å². The van der Waals surface area contributed by atoms with Crippen LogP contribution in [-0.2, 0) is 0 Å². The van der Waals surface area contributed by atoms with E-state index >= 15 is 0 Å². The fourth-order valence-electron chi connectivity index (χ4n) is 2.30. The third kappa shape index (κ3) is 4.39. The number of ether oxygens (including phenoxy) is 1. The highest BCUT2D eigenvalue weighted by Gasteiger charge is 2.16. The molecule has 2 aromatic rings. The molecular formula is C19H23NOS. The Labute approximate surface area is 137 Å². The zero-order valence-electron chi connectivity index (χ0n) is 13.3. The van der Waals surface area contributed by atoms with E-state index in [9.17, 15) is 0 Å². The fraction of sp³-hybridized carbons (Fsp3) is 0.263. The van der Waals surface area contributed by atoms with Crippen LogP contribution >= 0.6 is 11.8 Å². The molecule has 2 nitrogen and oxygen atoms in total. The van der Waals surface area contributed by atoms with E-state index < -0.39 is 0 Å². The van der Waals surface area contributed by atoms with Crippen LogP contribution in [0.25, 0.3) is 10.8 Å². The molecule has 0 radical (unpaired) electrons. The molecule has 0 N–H and O–H groups in total. The van der Waals surface area contributed by atoms with Gasteiger partial charge in [-0.25, -0.2) is 0 Å². The van der Waals surface area contributed by atoms with E-state index in [4.69, 9.17) is 4.74 Å². The Morgan fingerprint density at radius 2 is 1.95 bits per heavy atom. The van der Waals surface area contributed by atoms with Crippen molar-refractivity contribution in [3.8, 4) is 5.75 Å². The third-order valence-corrected chi connectivity index (χ3v) is 4.18. The molecule has 3 heteroatoms. The van der Waals surface area contributed by atoms with E-state index in [0.29, 0.717) is 0 Å². The van der Waals surface area contributed by atoms with Gasteiger partial charge in [0.25, 0.3) is 0 Å². The first kappa shape index (κ1) is 16.7. The van der Waals surface area contributed by atoms with Crippen molar-refractivity contribution >= 4 is 22.5 Å². The molecule has 0 spiro atoms. The SMILES string of the molecule is C=CSC(=C)[C@H](CCN(C)C)Oc1cccc2ccccc12. The van der Waals surface area contributed by atoms with Gasteiger partial charge in [-0.3, -0.25) is 0 Å². The van der Waals surface area contributed by atoms with E-state index in [2.05, 4.69) is 50.4 Å². The van der Waals surface area contributed by atoms with Gasteiger partial charge in [0.05, 0.1) is 0 Å². The summed E-state index contributed by atoms with van der Waals surface area (Å²) >= 11 is 1.54. The molecule has 0 saturated carbocycles. The molecular weight excluding hydrogens is 290 g/mol. The van der Waals surface area contributed by atoms with Crippen LogP contribution in [0.4, 0.5) is 0 Å². The first-order chi connectivity index (χ1) is 10.6. The lowest BCUT2D eigenvalue weighted by Crippen LogP contribution is -2.24. The fourth-order valence-corrected chi connectivity index (χ4v) is 2.83. The first-order valence-corrected chi connectivity index (χ1v) is 8.25. The van der Waals surface area contributed by atoms with Crippen LogP contribution in [0.1, 0.15) is 6.42 Å². The van der Waals surface area contributed by atoms with Crippen molar-refractivity contribution in [1.29, 1.82) is 0 Å². The van der Waals surface area contributed by atoms with Gasteiger partial charge in [-0.05, 0) is 31.0 Å². The Hall–Kier alpha value is -1.71. The van der Waals surface area contributed by atoms with Gasteiger partial charge in [-0.1, -0.05) is 61.3 Å². The lowest BCUT2D eigenvalue weighted by molar-refractivity contribution is 0.219. The summed E-state index contributed by atoms with van der Waals surface area (Å²) in [5, 5.41) is 4.13. The van der Waals surface area contributed by atoms with Crippen LogP contribution < -0.4 is 4.74 Å². The summed E-state index contributed by atoms with van der Waals surface area (Å²) in [7, 11) is 4.14. The van der Waals surface area contributed by atoms with Gasteiger partial charge >= 0.3 is 0 Å². The Balaban J connectivity index is 2.24. The van der Waals surface area contributed by atoms with Crippen LogP contribution in [-0.4, -0.2) is 31.6 Å². The Morgan fingerprint density at radius 3 is 2.68 bits per heavy atom. The van der Waals surface area contributed by atoms with Crippen molar-refractivity contribution in [3.05, 3.63) is 65.9 Å². The minimum atomic E-state index is -0.0313. The van der Waals surface area contributed by atoms with E-state index in [1.54, 1.807) is 17.2 Å². The Morgan fingerprint density at radius 1 is 1.23 bits per heavy atom. The van der Waals surface area contributed by atoms with Gasteiger partial charge in [-0.15, -0.1) is 0 Å². The Kier molecular flexibility index (Phi) is 6.10. The van der Waals surface area contributed by atoms with Crippen molar-refractivity contribution in [2.45, 2.75) is 12.5 Å². The number of benzene rings is 2. The van der Waals surface area contributed by atoms with Crippen molar-refractivity contribution in [2.24, 2.45) is 0 Å². The summed E-state index contributed by atoms with van der Waals surface area (Å²) < 4.78 is 6.30. The highest BCUT2D eigenvalue weighted by Crippen LogP contribution is 2.30. The van der Waals surface area contributed by atoms with Gasteiger partial charge in [-0.2, -0.15) is 0 Å². The predicted octanol–water partition coefficient (Wildman–Crippen LogP) is 4.93. The zero-order chi connectivity index (χ0) is 15.9. The number of hydrogen-bond acceptors (Lipinski definition) is 3. The maximum Gasteiger partial charge on any atom is 0.130 e. The van der Waals surface area contributed by atoms with E-state index in [-0.39, 0.29) is 6.10 Å². The molecule has 0 aliphatic carbocycles. The number of hydrogen-bond donors (Lipinski definition) is 0. The molecule has 1 atom stereocenters. The maximum absolute atomic E-state index is 6.30. The molecule has 116 valence electrons. The van der Waals surface area contributed by atoms with Crippen molar-refractivity contribution in [3.63, 3.8) is 0 Å². The van der Waals surface area contributed by atoms with Crippen LogP contribution in [0.5, 0.6) is 5.75 Å². The highest BCUT2D eigenvalue weighted by atomic mass is 32.2. The lowest BCUT2D eigenvalue weighted by atomic mass is 10.1. The largest absolute Gasteiger partial charge is 0.485 e. The van der Waals surface area contributed by atoms with Crippen LogP contribution in [0.2, 0.25) is 0 Å². The molecule has 0 heterocycles. The monoisotopic (exact) mass is 313 g/mol. The highest BCUT2D eigenvalue weighted by molar-refractivity contribution is 8.05. The van der Waals surface area contributed by atoms with Crippen molar-refractivity contribution in [2.75, 3.05) is 20.6 Å². The normalized spacial score (nSPS) is 12.3. The van der Waals surface area contributed by atoms with Crippen molar-refractivity contribution in [1.82, 2.24) is 4.90 Å². The second-order valence-electron chi connectivity index (χ2n) is 5.43. The standard InChI is InChI=1S/C19H23NOS/c1-5-22-15(2)18(13-14-20(3)4)21-19-12-8-10-16-9-6-7-11-17(16)19/h5-12,18H,1-2,13-14H2,3-4H3/t18-/m0/s1. The van der Waals surface area contributed by atoms with Gasteiger partial charge in [0.1, 0.15) is 11.9 Å². The summed E-state index contributed by atoms with van der Waals surface area (Å²) in [5.74, 6) is 0.910. The van der Waals surface area contributed by atoms with Gasteiger partial charge < -0.3 is 9.64 Å². The first-order valence-electron chi connectivity index (χ1n) is 7.37. The second-order valence-corrected chi connectivity index (χ2v) is 6.52. The number of thioether (sulfide) groups is 1. The maximum atomic E-state index is 6.30. The number of nitrogens with zero attached hydrogens (tertiary/aromatic N) is 1. The molecule has 0 aliphatic heterocycles. The molecule has 2 aromatic carbocycles. The minimum absolute atomic E-state index is 0.0313. The average Bonchev–Trinajstić information content (AvgIpc) is 2.51. The topological polar surface area (TPSA) is 12.5 Å². The summed E-state index contributed by atoms with van der Waals surface area (Å²) in [6, 6.07) is 14.4. The minimum Gasteiger partial charge on any atom is -0.485 e. The molecule has 22 heavy (non-hydrogen) atoms. The van der Waals surface area contributed by atoms with Crippen molar-refractivity contribution < 1.29 is 4.74 Å². The third-order valence-electron chi connectivity index (χ3n) is 3.45. The molecule has 0 fully saturated rings. The molecule has 0 bridgehead atoms. The Bertz CT molecular complexity index is 645. The summed E-state index contributed by atoms with van der Waals surface area (Å²) in [6.07, 6.45) is 0.867. The lowest BCUT2D eigenvalue weighted by Gasteiger charge is -2.23. The van der Waals surface area contributed by atoms with E-state index in [0.717, 1.165) is 29.0 Å². The van der Waals surface area contributed by atoms with Gasteiger partial charge in [0.15, 0.2) is 0 Å². The van der Waals surface area contributed by atoms with E-state index in [1.807, 2.05) is 24.3 Å².